The Morgan fingerprint density at radius 2 is 2.00 bits per heavy atom. The van der Waals surface area contributed by atoms with Crippen LogP contribution in [-0.2, 0) is 6.54 Å². The minimum absolute atomic E-state index is 0.482. The molecule has 0 saturated carbocycles. The van der Waals surface area contributed by atoms with Crippen molar-refractivity contribution < 1.29 is 0 Å². The predicted octanol–water partition coefficient (Wildman–Crippen LogP) is 2.39. The molecule has 0 atom stereocenters. The van der Waals surface area contributed by atoms with Crippen molar-refractivity contribution in [3.63, 3.8) is 0 Å². The van der Waals surface area contributed by atoms with Crippen LogP contribution in [0.4, 0.5) is 0 Å². The number of nitrogens with two attached hydrogens (primary N) is 1. The second kappa shape index (κ2) is 5.09. The van der Waals surface area contributed by atoms with Crippen LogP contribution in [0.3, 0.4) is 0 Å². The Labute approximate surface area is 99.1 Å². The van der Waals surface area contributed by atoms with Crippen molar-refractivity contribution in [1.29, 1.82) is 0 Å². The van der Waals surface area contributed by atoms with E-state index in [4.69, 9.17) is 5.73 Å². The van der Waals surface area contributed by atoms with E-state index in [1.54, 1.807) is 24.2 Å². The van der Waals surface area contributed by atoms with Crippen molar-refractivity contribution in [2.75, 3.05) is 0 Å². The van der Waals surface area contributed by atoms with Gasteiger partial charge in [0.15, 0.2) is 5.16 Å². The Bertz CT molecular complexity index is 468. The van der Waals surface area contributed by atoms with Gasteiger partial charge in [0.05, 0.1) is 0 Å². The third kappa shape index (κ3) is 2.81. The Hall–Kier alpha value is -1.39. The quantitative estimate of drug-likeness (QED) is 0.824. The second-order valence-corrected chi connectivity index (χ2v) is 4.54. The summed E-state index contributed by atoms with van der Waals surface area (Å²) in [5.74, 6) is 0. The average molecular weight is 231 g/mol. The molecule has 2 aromatic rings. The third-order valence-electron chi connectivity index (χ3n) is 2.12. The van der Waals surface area contributed by atoms with Gasteiger partial charge >= 0.3 is 0 Å². The number of benzene rings is 1. The van der Waals surface area contributed by atoms with E-state index in [0.717, 1.165) is 15.6 Å². The third-order valence-corrected chi connectivity index (χ3v) is 3.00. The van der Waals surface area contributed by atoms with Crippen molar-refractivity contribution in [2.24, 2.45) is 5.73 Å². The molecule has 0 aliphatic carbocycles. The zero-order valence-electron chi connectivity index (χ0n) is 9.05. The molecule has 0 unspecified atom stereocenters. The smallest absolute Gasteiger partial charge is 0.192 e. The van der Waals surface area contributed by atoms with Gasteiger partial charge in [0, 0.05) is 29.4 Å². The van der Waals surface area contributed by atoms with Gasteiger partial charge in [0.1, 0.15) is 0 Å². The molecular formula is C12H13N3S. The van der Waals surface area contributed by atoms with Crippen LogP contribution in [0.25, 0.3) is 0 Å². The predicted molar refractivity (Wildman–Crippen MR) is 65.2 cm³/mol. The normalized spacial score (nSPS) is 10.4. The topological polar surface area (TPSA) is 51.8 Å². The van der Waals surface area contributed by atoms with Crippen LogP contribution in [0.1, 0.15) is 11.1 Å². The van der Waals surface area contributed by atoms with Crippen molar-refractivity contribution >= 4 is 11.8 Å². The molecule has 1 aromatic heterocycles. The first-order chi connectivity index (χ1) is 7.78. The van der Waals surface area contributed by atoms with E-state index < -0.39 is 0 Å². The molecule has 0 spiro atoms. The van der Waals surface area contributed by atoms with Crippen molar-refractivity contribution in [2.45, 2.75) is 23.5 Å². The molecule has 0 amide bonds. The number of nitrogens with zero attached hydrogens (tertiary/aromatic N) is 2. The SMILES string of the molecule is Cc1cccc(Sc2ncc(CN)cn2)c1. The Balaban J connectivity index is 2.14. The number of rotatable bonds is 3. The first-order valence-corrected chi connectivity index (χ1v) is 5.85. The summed E-state index contributed by atoms with van der Waals surface area (Å²) in [6.07, 6.45) is 3.54. The monoisotopic (exact) mass is 231 g/mol. The molecular weight excluding hydrogens is 218 g/mol. The maximum atomic E-state index is 5.49. The molecule has 0 aliphatic heterocycles. The number of aryl methyl sites for hydroxylation is 1. The van der Waals surface area contributed by atoms with Crippen LogP contribution in [0.2, 0.25) is 0 Å². The second-order valence-electron chi connectivity index (χ2n) is 3.50. The van der Waals surface area contributed by atoms with E-state index in [9.17, 15) is 0 Å². The molecule has 0 fully saturated rings. The first kappa shape index (κ1) is 11.1. The van der Waals surface area contributed by atoms with E-state index in [1.807, 2.05) is 6.07 Å². The van der Waals surface area contributed by atoms with Crippen LogP contribution in [0, 0.1) is 6.92 Å². The summed E-state index contributed by atoms with van der Waals surface area (Å²) in [7, 11) is 0. The molecule has 0 radical (unpaired) electrons. The fourth-order valence-corrected chi connectivity index (χ4v) is 2.10. The Kier molecular flexibility index (Phi) is 3.54. The highest BCUT2D eigenvalue weighted by Crippen LogP contribution is 2.24. The zero-order valence-corrected chi connectivity index (χ0v) is 9.87. The van der Waals surface area contributed by atoms with Gasteiger partial charge in [-0.25, -0.2) is 9.97 Å². The van der Waals surface area contributed by atoms with Gasteiger partial charge in [0.25, 0.3) is 0 Å². The zero-order chi connectivity index (χ0) is 11.4. The summed E-state index contributed by atoms with van der Waals surface area (Å²) in [4.78, 5) is 9.65. The van der Waals surface area contributed by atoms with Gasteiger partial charge in [-0.1, -0.05) is 17.7 Å². The summed E-state index contributed by atoms with van der Waals surface area (Å²) in [5, 5.41) is 0.753. The lowest BCUT2D eigenvalue weighted by molar-refractivity contribution is 0.914. The lowest BCUT2D eigenvalue weighted by Crippen LogP contribution is -1.98. The molecule has 3 nitrogen and oxygen atoms in total. The Morgan fingerprint density at radius 1 is 1.25 bits per heavy atom. The van der Waals surface area contributed by atoms with Gasteiger partial charge in [-0.2, -0.15) is 0 Å². The van der Waals surface area contributed by atoms with Gasteiger partial charge in [-0.15, -0.1) is 0 Å². The van der Waals surface area contributed by atoms with Gasteiger partial charge < -0.3 is 5.73 Å². The van der Waals surface area contributed by atoms with E-state index in [1.165, 1.54) is 5.56 Å². The van der Waals surface area contributed by atoms with Gasteiger partial charge in [0.2, 0.25) is 0 Å². The van der Waals surface area contributed by atoms with Crippen LogP contribution < -0.4 is 5.73 Å². The lowest BCUT2D eigenvalue weighted by Gasteiger charge is -2.01. The molecule has 1 heterocycles. The molecule has 4 heteroatoms. The molecule has 2 N–H and O–H groups in total. The van der Waals surface area contributed by atoms with Gasteiger partial charge in [-0.3, -0.25) is 0 Å². The molecule has 2 rings (SSSR count). The van der Waals surface area contributed by atoms with E-state index >= 15 is 0 Å². The van der Waals surface area contributed by atoms with E-state index in [0.29, 0.717) is 6.54 Å². The van der Waals surface area contributed by atoms with Crippen molar-refractivity contribution in [3.8, 4) is 0 Å². The summed E-state index contributed by atoms with van der Waals surface area (Å²) < 4.78 is 0. The van der Waals surface area contributed by atoms with E-state index in [2.05, 4.69) is 35.1 Å². The molecule has 1 aromatic carbocycles. The van der Waals surface area contributed by atoms with Crippen LogP contribution in [0.15, 0.2) is 46.7 Å². The maximum Gasteiger partial charge on any atom is 0.192 e. The fourth-order valence-electron chi connectivity index (χ4n) is 1.29. The summed E-state index contributed by atoms with van der Waals surface area (Å²) in [6, 6.07) is 8.27. The largest absolute Gasteiger partial charge is 0.326 e. The molecule has 0 bridgehead atoms. The average Bonchev–Trinajstić information content (AvgIpc) is 2.30. The minimum atomic E-state index is 0.482. The van der Waals surface area contributed by atoms with E-state index in [-0.39, 0.29) is 0 Å². The number of aromatic nitrogens is 2. The summed E-state index contributed by atoms with van der Waals surface area (Å²) in [6.45, 7) is 2.55. The molecule has 0 aliphatic rings. The van der Waals surface area contributed by atoms with Crippen molar-refractivity contribution in [1.82, 2.24) is 9.97 Å². The van der Waals surface area contributed by atoms with Gasteiger partial charge in [-0.05, 0) is 30.8 Å². The van der Waals surface area contributed by atoms with Crippen LogP contribution >= 0.6 is 11.8 Å². The lowest BCUT2D eigenvalue weighted by atomic mass is 10.2. The first-order valence-electron chi connectivity index (χ1n) is 5.03. The maximum absolute atomic E-state index is 5.49. The highest BCUT2D eigenvalue weighted by atomic mass is 32.2. The van der Waals surface area contributed by atoms with Crippen LogP contribution in [0.5, 0.6) is 0 Å². The number of hydrogen-bond donors (Lipinski definition) is 1. The van der Waals surface area contributed by atoms with Crippen molar-refractivity contribution in [3.05, 3.63) is 47.8 Å². The number of hydrogen-bond acceptors (Lipinski definition) is 4. The highest BCUT2D eigenvalue weighted by Gasteiger charge is 2.00. The van der Waals surface area contributed by atoms with Crippen LogP contribution in [-0.4, -0.2) is 9.97 Å². The summed E-state index contributed by atoms with van der Waals surface area (Å²) >= 11 is 1.56. The molecule has 0 saturated heterocycles. The fraction of sp³-hybridized carbons (Fsp3) is 0.167. The standard InChI is InChI=1S/C12H13N3S/c1-9-3-2-4-11(5-9)16-12-14-7-10(6-13)8-15-12/h2-5,7-8H,6,13H2,1H3. The highest BCUT2D eigenvalue weighted by molar-refractivity contribution is 7.99. The minimum Gasteiger partial charge on any atom is -0.326 e. The summed E-state index contributed by atoms with van der Waals surface area (Å²) in [5.41, 5.74) is 7.68. The Morgan fingerprint density at radius 3 is 2.62 bits per heavy atom. The molecule has 82 valence electrons. The molecule has 16 heavy (non-hydrogen) atoms.